The van der Waals surface area contributed by atoms with E-state index in [1.807, 2.05) is 60.7 Å². The quantitative estimate of drug-likeness (QED) is 0.750. The largest absolute Gasteiger partial charge is 0.494 e. The van der Waals surface area contributed by atoms with Crippen LogP contribution < -0.4 is 5.32 Å². The Hall–Kier alpha value is -3.12. The molecule has 0 bridgehead atoms. The van der Waals surface area contributed by atoms with Crippen molar-refractivity contribution in [2.45, 2.75) is 0 Å². The van der Waals surface area contributed by atoms with Crippen molar-refractivity contribution in [2.24, 2.45) is 0 Å². The van der Waals surface area contributed by atoms with Crippen LogP contribution >= 0.6 is 11.3 Å². The van der Waals surface area contributed by atoms with Gasteiger partial charge in [0.25, 0.3) is 5.91 Å². The number of amides is 1. The van der Waals surface area contributed by atoms with Gasteiger partial charge in [-0.25, -0.2) is 4.98 Å². The Morgan fingerprint density at radius 1 is 0.962 bits per heavy atom. The van der Waals surface area contributed by atoms with Crippen molar-refractivity contribution in [1.82, 2.24) is 4.98 Å². The minimum Gasteiger partial charge on any atom is -0.494 e. The van der Waals surface area contributed by atoms with E-state index >= 15 is 0 Å². The van der Waals surface area contributed by atoms with Crippen LogP contribution in [0.4, 0.5) is 5.13 Å². The van der Waals surface area contributed by atoms with Crippen molar-refractivity contribution in [3.8, 4) is 21.7 Å². The molecule has 0 spiro atoms. The molecular formula is C20H16N2O3S. The monoisotopic (exact) mass is 364 g/mol. The third-order valence-corrected chi connectivity index (χ3v) is 4.82. The molecule has 2 heterocycles. The lowest BCUT2D eigenvalue weighted by Gasteiger charge is -2.14. The Balaban J connectivity index is 1.69. The molecule has 26 heavy (non-hydrogen) atoms. The summed E-state index contributed by atoms with van der Waals surface area (Å²) in [6, 6.07) is 19.9. The minimum absolute atomic E-state index is 0.161. The molecule has 4 rings (SSSR count). The van der Waals surface area contributed by atoms with Gasteiger partial charge in [0.1, 0.15) is 19.5 Å². The van der Waals surface area contributed by atoms with Crippen LogP contribution in [0.1, 0.15) is 0 Å². The molecule has 0 aliphatic carbocycles. The fraction of sp³-hybridized carbons (Fsp3) is 0.100. The molecule has 2 aromatic carbocycles. The van der Waals surface area contributed by atoms with Gasteiger partial charge in [0.05, 0.1) is 10.6 Å². The molecule has 0 radical (unpaired) electrons. The molecule has 1 aliphatic rings. The zero-order chi connectivity index (χ0) is 17.8. The lowest BCUT2D eigenvalue weighted by atomic mass is 10.1. The highest BCUT2D eigenvalue weighted by Crippen LogP contribution is 2.39. The molecule has 0 saturated carbocycles. The van der Waals surface area contributed by atoms with E-state index in [0.717, 1.165) is 21.7 Å². The standard InChI is InChI=1S/C20H16N2O3S/c23-19(16-13-24-11-12-25-16)22-20-21-17(14-7-3-1-4-8-14)18(26-20)15-9-5-2-6-10-15/h1-10,13H,11-12H2,(H,21,22,23). The summed E-state index contributed by atoms with van der Waals surface area (Å²) in [5.74, 6) is -0.202. The van der Waals surface area contributed by atoms with Gasteiger partial charge in [-0.2, -0.15) is 0 Å². The average molecular weight is 364 g/mol. The number of nitrogens with one attached hydrogen (secondary N) is 1. The molecule has 0 fully saturated rings. The zero-order valence-electron chi connectivity index (χ0n) is 13.8. The van der Waals surface area contributed by atoms with Crippen LogP contribution in [0.3, 0.4) is 0 Å². The highest BCUT2D eigenvalue weighted by molar-refractivity contribution is 7.19. The highest BCUT2D eigenvalue weighted by atomic mass is 32.1. The number of rotatable bonds is 4. The molecule has 3 aromatic rings. The molecule has 1 amide bonds. The topological polar surface area (TPSA) is 60.5 Å². The summed E-state index contributed by atoms with van der Waals surface area (Å²) in [4.78, 5) is 18.0. The Bertz CT molecular complexity index is 879. The number of hydrogen-bond donors (Lipinski definition) is 1. The summed E-state index contributed by atoms with van der Waals surface area (Å²) in [5.41, 5.74) is 2.90. The van der Waals surface area contributed by atoms with Gasteiger partial charge in [0.15, 0.2) is 5.13 Å². The van der Waals surface area contributed by atoms with E-state index < -0.39 is 0 Å². The van der Waals surface area contributed by atoms with Gasteiger partial charge in [-0.15, -0.1) is 0 Å². The number of benzene rings is 2. The highest BCUT2D eigenvalue weighted by Gasteiger charge is 2.20. The molecule has 1 aromatic heterocycles. The van der Waals surface area contributed by atoms with Crippen molar-refractivity contribution in [2.75, 3.05) is 18.5 Å². The zero-order valence-corrected chi connectivity index (χ0v) is 14.7. The number of nitrogens with zero attached hydrogens (tertiary/aromatic N) is 1. The SMILES string of the molecule is O=C(Nc1nc(-c2ccccc2)c(-c2ccccc2)s1)C1=COCCO1. The van der Waals surface area contributed by atoms with E-state index in [1.54, 1.807) is 0 Å². The maximum atomic E-state index is 12.3. The molecular weight excluding hydrogens is 348 g/mol. The van der Waals surface area contributed by atoms with Gasteiger partial charge in [-0.1, -0.05) is 72.0 Å². The van der Waals surface area contributed by atoms with Crippen molar-refractivity contribution < 1.29 is 14.3 Å². The van der Waals surface area contributed by atoms with E-state index in [9.17, 15) is 4.79 Å². The number of thiazole rings is 1. The van der Waals surface area contributed by atoms with Crippen LogP contribution in [-0.4, -0.2) is 24.1 Å². The predicted molar refractivity (Wildman–Crippen MR) is 102 cm³/mol. The lowest BCUT2D eigenvalue weighted by Crippen LogP contribution is -2.21. The summed E-state index contributed by atoms with van der Waals surface area (Å²) in [5, 5.41) is 3.32. The van der Waals surface area contributed by atoms with Crippen LogP contribution in [0.5, 0.6) is 0 Å². The number of hydrogen-bond acceptors (Lipinski definition) is 5. The third-order valence-electron chi connectivity index (χ3n) is 3.80. The number of ether oxygens (including phenoxy) is 2. The van der Waals surface area contributed by atoms with Crippen molar-refractivity contribution in [3.05, 3.63) is 72.7 Å². The fourth-order valence-corrected chi connectivity index (χ4v) is 3.58. The van der Waals surface area contributed by atoms with Gasteiger partial charge in [0.2, 0.25) is 5.76 Å². The molecule has 1 N–H and O–H groups in total. The number of carbonyl (C=O) groups is 1. The summed E-state index contributed by atoms with van der Waals surface area (Å²) in [7, 11) is 0. The molecule has 130 valence electrons. The summed E-state index contributed by atoms with van der Waals surface area (Å²) >= 11 is 1.43. The first kappa shape index (κ1) is 16.4. The second-order valence-electron chi connectivity index (χ2n) is 5.58. The molecule has 0 unspecified atom stereocenters. The first-order chi connectivity index (χ1) is 12.8. The van der Waals surface area contributed by atoms with Crippen LogP contribution in [0.15, 0.2) is 72.7 Å². The van der Waals surface area contributed by atoms with E-state index in [1.165, 1.54) is 17.6 Å². The van der Waals surface area contributed by atoms with Crippen LogP contribution in [0, 0.1) is 0 Å². The summed E-state index contributed by atoms with van der Waals surface area (Å²) in [6.45, 7) is 0.812. The third kappa shape index (κ3) is 3.45. The van der Waals surface area contributed by atoms with Crippen LogP contribution in [0.2, 0.25) is 0 Å². The molecule has 1 aliphatic heterocycles. The van der Waals surface area contributed by atoms with Gasteiger partial charge in [-0.3, -0.25) is 10.1 Å². The Morgan fingerprint density at radius 3 is 2.31 bits per heavy atom. The number of carbonyl (C=O) groups excluding carboxylic acids is 1. The maximum absolute atomic E-state index is 12.3. The summed E-state index contributed by atoms with van der Waals surface area (Å²) < 4.78 is 10.5. The minimum atomic E-state index is -0.363. The van der Waals surface area contributed by atoms with Crippen LogP contribution in [-0.2, 0) is 14.3 Å². The van der Waals surface area contributed by atoms with E-state index in [0.29, 0.717) is 18.3 Å². The number of aromatic nitrogens is 1. The van der Waals surface area contributed by atoms with Gasteiger partial charge < -0.3 is 9.47 Å². The molecule has 5 nitrogen and oxygen atoms in total. The second kappa shape index (κ2) is 7.41. The van der Waals surface area contributed by atoms with Gasteiger partial charge in [-0.05, 0) is 5.56 Å². The normalized spacial score (nSPS) is 13.3. The summed E-state index contributed by atoms with van der Waals surface area (Å²) in [6.07, 6.45) is 1.34. The van der Waals surface area contributed by atoms with Gasteiger partial charge >= 0.3 is 0 Å². The Labute approximate surface area is 154 Å². The van der Waals surface area contributed by atoms with E-state index in [-0.39, 0.29) is 11.7 Å². The molecule has 0 saturated heterocycles. The van der Waals surface area contributed by atoms with Crippen molar-refractivity contribution in [1.29, 1.82) is 0 Å². The predicted octanol–water partition coefficient (Wildman–Crippen LogP) is 4.30. The van der Waals surface area contributed by atoms with Gasteiger partial charge in [0, 0.05) is 5.56 Å². The fourth-order valence-electron chi connectivity index (χ4n) is 2.60. The Morgan fingerprint density at radius 2 is 1.65 bits per heavy atom. The molecule has 0 atom stereocenters. The van der Waals surface area contributed by atoms with E-state index in [2.05, 4.69) is 10.3 Å². The smallest absolute Gasteiger partial charge is 0.295 e. The maximum Gasteiger partial charge on any atom is 0.295 e. The first-order valence-electron chi connectivity index (χ1n) is 8.19. The Kier molecular flexibility index (Phi) is 4.66. The lowest BCUT2D eigenvalue weighted by molar-refractivity contribution is -0.117. The molecule has 6 heteroatoms. The van der Waals surface area contributed by atoms with Crippen molar-refractivity contribution >= 4 is 22.4 Å². The van der Waals surface area contributed by atoms with Crippen LogP contribution in [0.25, 0.3) is 21.7 Å². The van der Waals surface area contributed by atoms with E-state index in [4.69, 9.17) is 9.47 Å². The first-order valence-corrected chi connectivity index (χ1v) is 9.00. The average Bonchev–Trinajstić information content (AvgIpc) is 3.14. The van der Waals surface area contributed by atoms with Crippen molar-refractivity contribution in [3.63, 3.8) is 0 Å². The number of anilines is 1. The second-order valence-corrected chi connectivity index (χ2v) is 6.58.